The summed E-state index contributed by atoms with van der Waals surface area (Å²) in [6, 6.07) is 6.36. The number of hydrogen-bond donors (Lipinski definition) is 3. The van der Waals surface area contributed by atoms with Gasteiger partial charge in [-0.1, -0.05) is 6.07 Å². The lowest BCUT2D eigenvalue weighted by Crippen LogP contribution is -2.36. The van der Waals surface area contributed by atoms with Gasteiger partial charge in [0.05, 0.1) is 13.7 Å². The van der Waals surface area contributed by atoms with Gasteiger partial charge in [0, 0.05) is 11.8 Å². The van der Waals surface area contributed by atoms with Gasteiger partial charge in [0.1, 0.15) is 5.75 Å². The fraction of sp³-hybridized carbons (Fsp3) is 0.200. The van der Waals surface area contributed by atoms with Crippen molar-refractivity contribution in [2.45, 2.75) is 0 Å². The number of anilines is 1. The van der Waals surface area contributed by atoms with E-state index in [9.17, 15) is 9.59 Å². The fourth-order valence-corrected chi connectivity index (χ4v) is 1.04. The Morgan fingerprint density at radius 1 is 1.44 bits per heavy atom. The first-order valence-corrected chi connectivity index (χ1v) is 4.59. The highest BCUT2D eigenvalue weighted by Gasteiger charge is 2.03. The van der Waals surface area contributed by atoms with E-state index in [4.69, 9.17) is 10.5 Å². The van der Waals surface area contributed by atoms with Crippen LogP contribution in [0.2, 0.25) is 0 Å². The first kappa shape index (κ1) is 11.8. The van der Waals surface area contributed by atoms with Crippen LogP contribution < -0.4 is 21.1 Å². The predicted molar refractivity (Wildman–Crippen MR) is 59.2 cm³/mol. The molecular weight excluding hydrogens is 210 g/mol. The van der Waals surface area contributed by atoms with Gasteiger partial charge in [-0.05, 0) is 12.1 Å². The van der Waals surface area contributed by atoms with Crippen molar-refractivity contribution in [2.75, 3.05) is 19.0 Å². The van der Waals surface area contributed by atoms with E-state index >= 15 is 0 Å². The Bertz CT molecular complexity index is 393. The van der Waals surface area contributed by atoms with Crippen LogP contribution in [0.15, 0.2) is 24.3 Å². The molecule has 0 unspecified atom stereocenters. The molecule has 16 heavy (non-hydrogen) atoms. The van der Waals surface area contributed by atoms with Crippen molar-refractivity contribution < 1.29 is 14.3 Å². The second-order valence-corrected chi connectivity index (χ2v) is 3.01. The summed E-state index contributed by atoms with van der Waals surface area (Å²) >= 11 is 0. The fourth-order valence-electron chi connectivity index (χ4n) is 1.04. The van der Waals surface area contributed by atoms with Crippen LogP contribution in [-0.4, -0.2) is 25.6 Å². The van der Waals surface area contributed by atoms with Crippen LogP contribution in [0.3, 0.4) is 0 Å². The summed E-state index contributed by atoms with van der Waals surface area (Å²) in [4.78, 5) is 21.7. The van der Waals surface area contributed by atoms with Crippen LogP contribution in [0.1, 0.15) is 0 Å². The highest BCUT2D eigenvalue weighted by atomic mass is 16.5. The standard InChI is InChI=1S/C10H13N3O3/c1-16-8-4-2-3-7(5-8)13-10(15)12-6-9(11)14/h2-5H,6H2,1H3,(H2,11,14)(H2,12,13,15). The van der Waals surface area contributed by atoms with Gasteiger partial charge in [-0.2, -0.15) is 0 Å². The van der Waals surface area contributed by atoms with Gasteiger partial charge in [-0.15, -0.1) is 0 Å². The molecule has 86 valence electrons. The maximum Gasteiger partial charge on any atom is 0.319 e. The van der Waals surface area contributed by atoms with Crippen molar-refractivity contribution in [1.29, 1.82) is 0 Å². The molecule has 0 atom stereocenters. The zero-order chi connectivity index (χ0) is 12.0. The minimum absolute atomic E-state index is 0.199. The molecule has 0 aromatic heterocycles. The van der Waals surface area contributed by atoms with E-state index in [0.717, 1.165) is 0 Å². The number of ether oxygens (including phenoxy) is 1. The van der Waals surface area contributed by atoms with E-state index in [1.807, 2.05) is 0 Å². The third-order valence-corrected chi connectivity index (χ3v) is 1.75. The third kappa shape index (κ3) is 3.87. The van der Waals surface area contributed by atoms with Crippen LogP contribution >= 0.6 is 0 Å². The first-order valence-electron chi connectivity index (χ1n) is 4.59. The van der Waals surface area contributed by atoms with Gasteiger partial charge in [0.2, 0.25) is 5.91 Å². The van der Waals surface area contributed by atoms with Gasteiger partial charge < -0.3 is 21.1 Å². The summed E-state index contributed by atoms with van der Waals surface area (Å²) in [5.41, 5.74) is 5.45. The van der Waals surface area contributed by atoms with Crippen molar-refractivity contribution in [3.63, 3.8) is 0 Å². The van der Waals surface area contributed by atoms with Gasteiger partial charge in [-0.25, -0.2) is 4.79 Å². The monoisotopic (exact) mass is 223 g/mol. The van der Waals surface area contributed by atoms with E-state index < -0.39 is 11.9 Å². The molecule has 0 heterocycles. The maximum absolute atomic E-state index is 11.2. The molecular formula is C10H13N3O3. The highest BCUT2D eigenvalue weighted by molar-refractivity contribution is 5.92. The summed E-state index contributed by atoms with van der Waals surface area (Å²) in [5, 5.41) is 4.84. The molecule has 0 saturated carbocycles. The van der Waals surface area contributed by atoms with Crippen LogP contribution in [0.4, 0.5) is 10.5 Å². The molecule has 1 rings (SSSR count). The Labute approximate surface area is 92.8 Å². The molecule has 0 aliphatic heterocycles. The van der Waals surface area contributed by atoms with E-state index in [2.05, 4.69) is 10.6 Å². The molecule has 6 heteroatoms. The summed E-state index contributed by atoms with van der Waals surface area (Å²) in [7, 11) is 1.53. The number of nitrogens with one attached hydrogen (secondary N) is 2. The first-order chi connectivity index (χ1) is 7.61. The van der Waals surface area contributed by atoms with E-state index in [1.165, 1.54) is 7.11 Å². The lowest BCUT2D eigenvalue weighted by molar-refractivity contribution is -0.117. The minimum atomic E-state index is -0.596. The quantitative estimate of drug-likeness (QED) is 0.685. The van der Waals surface area contributed by atoms with Crippen LogP contribution in [0.5, 0.6) is 5.75 Å². The number of urea groups is 1. The second-order valence-electron chi connectivity index (χ2n) is 3.01. The molecule has 3 amide bonds. The zero-order valence-electron chi connectivity index (χ0n) is 8.82. The number of benzene rings is 1. The van der Waals surface area contributed by atoms with Crippen LogP contribution in [0, 0.1) is 0 Å². The topological polar surface area (TPSA) is 93.4 Å². The average Bonchev–Trinajstić information content (AvgIpc) is 2.26. The number of nitrogens with two attached hydrogens (primary N) is 1. The Morgan fingerprint density at radius 3 is 2.81 bits per heavy atom. The van der Waals surface area contributed by atoms with Crippen molar-refractivity contribution >= 4 is 17.6 Å². The summed E-state index contributed by atoms with van der Waals surface area (Å²) in [5.74, 6) is 0.0356. The number of amides is 3. The highest BCUT2D eigenvalue weighted by Crippen LogP contribution is 2.16. The Kier molecular flexibility index (Phi) is 4.14. The second kappa shape index (κ2) is 5.59. The van der Waals surface area contributed by atoms with Crippen LogP contribution in [0.25, 0.3) is 0 Å². The smallest absolute Gasteiger partial charge is 0.319 e. The SMILES string of the molecule is COc1cccc(NC(=O)NCC(N)=O)c1. The number of carbonyl (C=O) groups excluding carboxylic acids is 2. The molecule has 1 aromatic carbocycles. The number of carbonyl (C=O) groups is 2. The number of hydrogen-bond acceptors (Lipinski definition) is 3. The van der Waals surface area contributed by atoms with Crippen molar-refractivity contribution in [3.05, 3.63) is 24.3 Å². The molecule has 0 bridgehead atoms. The zero-order valence-corrected chi connectivity index (χ0v) is 8.82. The van der Waals surface area contributed by atoms with Gasteiger partial charge >= 0.3 is 6.03 Å². The Balaban J connectivity index is 2.52. The lowest BCUT2D eigenvalue weighted by Gasteiger charge is -2.07. The molecule has 0 spiro atoms. The average molecular weight is 223 g/mol. The van der Waals surface area contributed by atoms with E-state index in [0.29, 0.717) is 11.4 Å². The maximum atomic E-state index is 11.2. The number of methoxy groups -OCH3 is 1. The van der Waals surface area contributed by atoms with Crippen molar-refractivity contribution in [1.82, 2.24) is 5.32 Å². The summed E-state index contributed by atoms with van der Waals surface area (Å²) < 4.78 is 4.99. The largest absolute Gasteiger partial charge is 0.497 e. The minimum Gasteiger partial charge on any atom is -0.497 e. The lowest BCUT2D eigenvalue weighted by atomic mass is 10.3. The van der Waals surface area contributed by atoms with E-state index in [1.54, 1.807) is 24.3 Å². The summed E-state index contributed by atoms with van der Waals surface area (Å²) in [6.45, 7) is -0.199. The molecule has 4 N–H and O–H groups in total. The molecule has 0 fully saturated rings. The van der Waals surface area contributed by atoms with E-state index in [-0.39, 0.29) is 6.54 Å². The predicted octanol–water partition coefficient (Wildman–Crippen LogP) is 0.302. The molecule has 0 radical (unpaired) electrons. The third-order valence-electron chi connectivity index (χ3n) is 1.75. The number of rotatable bonds is 4. The van der Waals surface area contributed by atoms with Gasteiger partial charge in [0.25, 0.3) is 0 Å². The normalized spacial score (nSPS) is 9.31. The van der Waals surface area contributed by atoms with Gasteiger partial charge in [-0.3, -0.25) is 4.79 Å². The molecule has 6 nitrogen and oxygen atoms in total. The van der Waals surface area contributed by atoms with Crippen molar-refractivity contribution in [2.24, 2.45) is 5.73 Å². The van der Waals surface area contributed by atoms with Crippen LogP contribution in [-0.2, 0) is 4.79 Å². The molecule has 0 aliphatic rings. The molecule has 1 aromatic rings. The summed E-state index contributed by atoms with van der Waals surface area (Å²) in [6.07, 6.45) is 0. The Hall–Kier alpha value is -2.24. The van der Waals surface area contributed by atoms with Crippen molar-refractivity contribution in [3.8, 4) is 5.75 Å². The Morgan fingerprint density at radius 2 is 2.19 bits per heavy atom. The molecule has 0 aliphatic carbocycles. The number of primary amides is 1. The van der Waals surface area contributed by atoms with Gasteiger partial charge in [0.15, 0.2) is 0 Å². The molecule has 0 saturated heterocycles.